The van der Waals surface area contributed by atoms with E-state index in [0.29, 0.717) is 6.10 Å². The minimum atomic E-state index is 0.610. The van der Waals surface area contributed by atoms with Gasteiger partial charge in [0.05, 0.1) is 6.10 Å². The fraction of sp³-hybridized carbons (Fsp3) is 0.875. The van der Waals surface area contributed by atoms with Gasteiger partial charge in [0.2, 0.25) is 0 Å². The highest BCUT2D eigenvalue weighted by Gasteiger charge is 2.29. The Labute approximate surface area is 56.4 Å². The Bertz CT molecular complexity index is 88.7. The van der Waals surface area contributed by atoms with Crippen LogP contribution in [0.4, 0.5) is 0 Å². The maximum Gasteiger partial charge on any atom is 0.0606 e. The number of ether oxygens (including phenoxy) is 1. The average molecular weight is 125 g/mol. The molecule has 1 nitrogen and oxygen atoms in total. The summed E-state index contributed by atoms with van der Waals surface area (Å²) in [6.45, 7) is 1.02. The van der Waals surface area contributed by atoms with E-state index in [4.69, 9.17) is 4.74 Å². The summed E-state index contributed by atoms with van der Waals surface area (Å²) in [4.78, 5) is 0. The van der Waals surface area contributed by atoms with Gasteiger partial charge in [-0.1, -0.05) is 0 Å². The number of hydrogen-bond donors (Lipinski definition) is 0. The molecule has 1 saturated heterocycles. The van der Waals surface area contributed by atoms with Gasteiger partial charge in [0.25, 0.3) is 0 Å². The van der Waals surface area contributed by atoms with E-state index >= 15 is 0 Å². The summed E-state index contributed by atoms with van der Waals surface area (Å²) in [6.07, 6.45) is 8.21. The lowest BCUT2D eigenvalue weighted by atomic mass is 9.86. The quantitative estimate of drug-likeness (QED) is 0.479. The largest absolute Gasteiger partial charge is 0.378 e. The molecule has 1 aliphatic heterocycles. The maximum atomic E-state index is 5.53. The highest BCUT2D eigenvalue weighted by molar-refractivity contribution is 4.87. The number of rotatable bonds is 0. The minimum absolute atomic E-state index is 0.610. The van der Waals surface area contributed by atoms with Gasteiger partial charge < -0.3 is 4.74 Å². The SMILES string of the molecule is [CH]1CCC2CCOC2C1. The molecule has 2 fully saturated rings. The first kappa shape index (κ1) is 5.72. The van der Waals surface area contributed by atoms with Crippen LogP contribution in [-0.4, -0.2) is 12.7 Å². The lowest BCUT2D eigenvalue weighted by molar-refractivity contribution is 0.0789. The number of fused-ring (bicyclic) bond motifs is 1. The van der Waals surface area contributed by atoms with E-state index in [-0.39, 0.29) is 0 Å². The Hall–Kier alpha value is -0.0400. The van der Waals surface area contributed by atoms with Gasteiger partial charge in [0.15, 0.2) is 0 Å². The second-order valence-corrected chi connectivity index (χ2v) is 3.06. The smallest absolute Gasteiger partial charge is 0.0606 e. The van der Waals surface area contributed by atoms with Gasteiger partial charge in [0.1, 0.15) is 0 Å². The van der Waals surface area contributed by atoms with Gasteiger partial charge in [-0.3, -0.25) is 0 Å². The predicted molar refractivity (Wildman–Crippen MR) is 36.0 cm³/mol. The van der Waals surface area contributed by atoms with E-state index in [9.17, 15) is 0 Å². The van der Waals surface area contributed by atoms with Gasteiger partial charge in [-0.15, -0.1) is 0 Å². The molecule has 1 heteroatoms. The predicted octanol–water partition coefficient (Wildman–Crippen LogP) is 1.78. The zero-order valence-corrected chi connectivity index (χ0v) is 5.68. The average Bonchev–Trinajstić information content (AvgIpc) is 2.33. The van der Waals surface area contributed by atoms with Crippen LogP contribution in [0.25, 0.3) is 0 Å². The second-order valence-electron chi connectivity index (χ2n) is 3.06. The van der Waals surface area contributed by atoms with Crippen LogP contribution in [0, 0.1) is 12.3 Å². The third kappa shape index (κ3) is 0.983. The van der Waals surface area contributed by atoms with Gasteiger partial charge in [-0.05, 0) is 38.0 Å². The molecule has 0 spiro atoms. The Balaban J connectivity index is 1.97. The maximum absolute atomic E-state index is 5.53. The molecule has 2 atom stereocenters. The molecule has 2 aliphatic rings. The molecule has 0 aromatic heterocycles. The molecule has 2 rings (SSSR count). The molecular weight excluding hydrogens is 112 g/mol. The van der Waals surface area contributed by atoms with Crippen LogP contribution in [0.1, 0.15) is 25.7 Å². The van der Waals surface area contributed by atoms with Crippen molar-refractivity contribution in [2.45, 2.75) is 31.8 Å². The minimum Gasteiger partial charge on any atom is -0.378 e. The Morgan fingerprint density at radius 2 is 2.33 bits per heavy atom. The van der Waals surface area contributed by atoms with Gasteiger partial charge >= 0.3 is 0 Å². The topological polar surface area (TPSA) is 9.23 Å². The van der Waals surface area contributed by atoms with Crippen molar-refractivity contribution < 1.29 is 4.74 Å². The summed E-state index contributed by atoms with van der Waals surface area (Å²) in [5.74, 6) is 0.912. The van der Waals surface area contributed by atoms with Crippen LogP contribution in [0.2, 0.25) is 0 Å². The van der Waals surface area contributed by atoms with Crippen LogP contribution < -0.4 is 0 Å². The molecule has 1 saturated carbocycles. The van der Waals surface area contributed by atoms with Crippen molar-refractivity contribution in [3.05, 3.63) is 6.42 Å². The van der Waals surface area contributed by atoms with Gasteiger partial charge in [-0.2, -0.15) is 0 Å². The van der Waals surface area contributed by atoms with Crippen molar-refractivity contribution in [3.8, 4) is 0 Å². The highest BCUT2D eigenvalue weighted by atomic mass is 16.5. The second kappa shape index (κ2) is 2.30. The van der Waals surface area contributed by atoms with Gasteiger partial charge in [-0.25, -0.2) is 0 Å². The van der Waals surface area contributed by atoms with E-state index in [1.807, 2.05) is 0 Å². The van der Waals surface area contributed by atoms with Crippen LogP contribution in [0.15, 0.2) is 0 Å². The first-order chi connectivity index (χ1) is 4.47. The van der Waals surface area contributed by atoms with Gasteiger partial charge in [0, 0.05) is 6.61 Å². The van der Waals surface area contributed by atoms with Crippen molar-refractivity contribution in [1.29, 1.82) is 0 Å². The molecule has 51 valence electrons. The zero-order chi connectivity index (χ0) is 6.10. The number of hydrogen-bond acceptors (Lipinski definition) is 1. The van der Waals surface area contributed by atoms with Crippen molar-refractivity contribution in [3.63, 3.8) is 0 Å². The summed E-state index contributed by atoms with van der Waals surface area (Å²) >= 11 is 0. The Morgan fingerprint density at radius 1 is 1.33 bits per heavy atom. The molecule has 0 aromatic rings. The monoisotopic (exact) mass is 125 g/mol. The lowest BCUT2D eigenvalue weighted by Crippen LogP contribution is -2.20. The summed E-state index contributed by atoms with van der Waals surface area (Å²) in [7, 11) is 0. The molecule has 9 heavy (non-hydrogen) atoms. The molecule has 1 heterocycles. The summed E-state index contributed by atoms with van der Waals surface area (Å²) in [5, 5.41) is 0. The third-order valence-electron chi connectivity index (χ3n) is 2.49. The molecule has 0 amide bonds. The zero-order valence-electron chi connectivity index (χ0n) is 5.68. The Morgan fingerprint density at radius 3 is 3.22 bits per heavy atom. The molecular formula is C8H13O. The standard InChI is InChI=1S/C8H13O/c1-2-4-8-7(3-1)5-6-9-8/h2,7-8H,1,3-6H2. The van der Waals surface area contributed by atoms with Crippen molar-refractivity contribution in [2.24, 2.45) is 5.92 Å². The van der Waals surface area contributed by atoms with Crippen molar-refractivity contribution in [1.82, 2.24) is 0 Å². The van der Waals surface area contributed by atoms with E-state index in [0.717, 1.165) is 12.5 Å². The van der Waals surface area contributed by atoms with E-state index in [1.54, 1.807) is 0 Å². The van der Waals surface area contributed by atoms with Crippen LogP contribution >= 0.6 is 0 Å². The van der Waals surface area contributed by atoms with E-state index < -0.39 is 0 Å². The van der Waals surface area contributed by atoms with E-state index in [2.05, 4.69) is 6.42 Å². The lowest BCUT2D eigenvalue weighted by Gasteiger charge is -2.22. The van der Waals surface area contributed by atoms with Crippen LogP contribution in [-0.2, 0) is 4.74 Å². The first-order valence-corrected chi connectivity index (χ1v) is 3.90. The van der Waals surface area contributed by atoms with Crippen LogP contribution in [0.5, 0.6) is 0 Å². The Kier molecular flexibility index (Phi) is 1.46. The fourth-order valence-electron chi connectivity index (χ4n) is 1.90. The summed E-state index contributed by atoms with van der Waals surface area (Å²) in [6, 6.07) is 0. The first-order valence-electron chi connectivity index (χ1n) is 3.90. The van der Waals surface area contributed by atoms with Crippen molar-refractivity contribution >= 4 is 0 Å². The molecule has 0 aromatic carbocycles. The summed E-state index contributed by atoms with van der Waals surface area (Å²) < 4.78 is 5.53. The molecule has 1 aliphatic carbocycles. The molecule has 1 radical (unpaired) electrons. The molecule has 2 unspecified atom stereocenters. The summed E-state index contributed by atoms with van der Waals surface area (Å²) in [5.41, 5.74) is 0. The normalized spacial score (nSPS) is 42.7. The van der Waals surface area contributed by atoms with Crippen LogP contribution in [0.3, 0.4) is 0 Å². The van der Waals surface area contributed by atoms with Crippen molar-refractivity contribution in [2.75, 3.05) is 6.61 Å². The fourth-order valence-corrected chi connectivity index (χ4v) is 1.90. The van der Waals surface area contributed by atoms with E-state index in [1.165, 1.54) is 25.7 Å². The molecule has 0 N–H and O–H groups in total. The highest BCUT2D eigenvalue weighted by Crippen LogP contribution is 2.33. The molecule has 0 bridgehead atoms. The third-order valence-corrected chi connectivity index (χ3v) is 2.49.